The molecule has 0 fully saturated rings. The maximum atomic E-state index is 12.8. The zero-order chi connectivity index (χ0) is 14.3. The van der Waals surface area contributed by atoms with Crippen molar-refractivity contribution in [1.29, 1.82) is 0 Å². The number of carboxylic acids is 1. The first-order valence-electron chi connectivity index (χ1n) is 5.78. The third-order valence-corrected chi connectivity index (χ3v) is 2.52. The molecule has 0 aliphatic heterocycles. The Morgan fingerprint density at radius 2 is 2.00 bits per heavy atom. The maximum Gasteiger partial charge on any atom is 0.305 e. The Kier molecular flexibility index (Phi) is 6.11. The van der Waals surface area contributed by atoms with Crippen LogP contribution in [0.3, 0.4) is 0 Å². The van der Waals surface area contributed by atoms with Crippen LogP contribution in [0.1, 0.15) is 16.8 Å². The lowest BCUT2D eigenvalue weighted by molar-refractivity contribution is -0.137. The smallest absolute Gasteiger partial charge is 0.305 e. The second-order valence-corrected chi connectivity index (χ2v) is 3.97. The number of benzene rings is 1. The third kappa shape index (κ3) is 5.15. The van der Waals surface area contributed by atoms with E-state index >= 15 is 0 Å². The zero-order valence-electron chi connectivity index (χ0n) is 10.6. The number of nitrogens with one attached hydrogen (secondary N) is 1. The monoisotopic (exact) mass is 269 g/mol. The van der Waals surface area contributed by atoms with Gasteiger partial charge in [0, 0.05) is 19.2 Å². The van der Waals surface area contributed by atoms with E-state index in [0.29, 0.717) is 13.2 Å². The number of hydrogen-bond donors (Lipinski definition) is 2. The lowest BCUT2D eigenvalue weighted by Gasteiger charge is -2.15. The summed E-state index contributed by atoms with van der Waals surface area (Å²) in [4.78, 5) is 22.8. The van der Waals surface area contributed by atoms with Crippen LogP contribution in [0.4, 0.5) is 4.39 Å². The topological polar surface area (TPSA) is 75.6 Å². The van der Waals surface area contributed by atoms with E-state index in [1.54, 1.807) is 0 Å². The molecule has 1 rings (SSSR count). The summed E-state index contributed by atoms with van der Waals surface area (Å²) in [6, 6.07) is 4.16. The molecule has 0 amide bonds. The van der Waals surface area contributed by atoms with Crippen LogP contribution >= 0.6 is 0 Å². The SMILES string of the molecule is COCCNC(CC(=O)O)C(=O)c1ccc(F)cc1. The standard InChI is InChI=1S/C13H16FNO4/c1-19-7-6-15-11(8-12(16)17)13(18)9-2-4-10(14)5-3-9/h2-5,11,15H,6-8H2,1H3,(H,16,17). The highest BCUT2D eigenvalue weighted by Crippen LogP contribution is 2.08. The number of aliphatic carboxylic acids is 1. The number of hydrogen-bond acceptors (Lipinski definition) is 4. The summed E-state index contributed by atoms with van der Waals surface area (Å²) in [5.74, 6) is -1.90. The van der Waals surface area contributed by atoms with E-state index in [-0.39, 0.29) is 17.8 Å². The Balaban J connectivity index is 2.74. The van der Waals surface area contributed by atoms with Crippen molar-refractivity contribution in [2.45, 2.75) is 12.5 Å². The molecule has 6 heteroatoms. The minimum absolute atomic E-state index is 0.276. The molecule has 1 atom stereocenters. The number of methoxy groups -OCH3 is 1. The fourth-order valence-corrected chi connectivity index (χ4v) is 1.58. The van der Waals surface area contributed by atoms with Crippen molar-refractivity contribution in [1.82, 2.24) is 5.32 Å². The normalized spacial score (nSPS) is 12.1. The summed E-state index contributed by atoms with van der Waals surface area (Å²) in [5, 5.41) is 11.6. The molecule has 0 saturated heterocycles. The van der Waals surface area contributed by atoms with Crippen molar-refractivity contribution >= 4 is 11.8 Å². The van der Waals surface area contributed by atoms with Crippen molar-refractivity contribution in [3.8, 4) is 0 Å². The van der Waals surface area contributed by atoms with Crippen LogP contribution in [0, 0.1) is 5.82 Å². The minimum Gasteiger partial charge on any atom is -0.481 e. The number of carbonyl (C=O) groups excluding carboxylic acids is 1. The van der Waals surface area contributed by atoms with Crippen LogP contribution in [0.5, 0.6) is 0 Å². The molecule has 0 bridgehead atoms. The van der Waals surface area contributed by atoms with Crippen molar-refractivity contribution in [2.75, 3.05) is 20.3 Å². The highest BCUT2D eigenvalue weighted by molar-refractivity contribution is 6.01. The van der Waals surface area contributed by atoms with Gasteiger partial charge in [0.05, 0.1) is 19.1 Å². The molecule has 0 aliphatic rings. The molecule has 2 N–H and O–H groups in total. The maximum absolute atomic E-state index is 12.8. The van der Waals surface area contributed by atoms with Crippen LogP contribution in [-0.2, 0) is 9.53 Å². The Hall–Kier alpha value is -1.79. The van der Waals surface area contributed by atoms with Crippen molar-refractivity contribution < 1.29 is 23.8 Å². The largest absolute Gasteiger partial charge is 0.481 e. The number of ketones is 1. The molecule has 1 unspecified atom stereocenters. The molecule has 1 aromatic rings. The minimum atomic E-state index is -1.08. The Morgan fingerprint density at radius 3 is 2.53 bits per heavy atom. The molecule has 0 aromatic heterocycles. The zero-order valence-corrected chi connectivity index (χ0v) is 10.6. The van der Waals surface area contributed by atoms with E-state index in [1.807, 2.05) is 0 Å². The number of halogens is 1. The van der Waals surface area contributed by atoms with Crippen LogP contribution in [0.2, 0.25) is 0 Å². The first kappa shape index (κ1) is 15.3. The van der Waals surface area contributed by atoms with Gasteiger partial charge in [-0.15, -0.1) is 0 Å². The molecule has 0 radical (unpaired) electrons. The number of rotatable bonds is 8. The summed E-state index contributed by atoms with van der Waals surface area (Å²) in [6.45, 7) is 0.730. The van der Waals surface area contributed by atoms with Gasteiger partial charge in [-0.1, -0.05) is 0 Å². The fourth-order valence-electron chi connectivity index (χ4n) is 1.58. The van der Waals surface area contributed by atoms with Gasteiger partial charge in [0.2, 0.25) is 0 Å². The molecule has 0 spiro atoms. The van der Waals surface area contributed by atoms with Gasteiger partial charge < -0.3 is 15.2 Å². The van der Waals surface area contributed by atoms with Crippen molar-refractivity contribution in [2.24, 2.45) is 0 Å². The molecule has 104 valence electrons. The molecule has 0 saturated carbocycles. The first-order chi connectivity index (χ1) is 9.04. The molecule has 0 heterocycles. The number of Topliss-reactive ketones (excluding diaryl/α,β-unsaturated/α-hetero) is 1. The second-order valence-electron chi connectivity index (χ2n) is 3.97. The predicted molar refractivity (Wildman–Crippen MR) is 66.7 cm³/mol. The average molecular weight is 269 g/mol. The van der Waals surface area contributed by atoms with Gasteiger partial charge in [0.15, 0.2) is 5.78 Å². The van der Waals surface area contributed by atoms with Gasteiger partial charge in [-0.25, -0.2) is 4.39 Å². The number of ether oxygens (including phenoxy) is 1. The number of carboxylic acid groups (broad SMARTS) is 1. The van der Waals surface area contributed by atoms with Gasteiger partial charge in [-0.2, -0.15) is 0 Å². The molecule has 1 aromatic carbocycles. The van der Waals surface area contributed by atoms with Gasteiger partial charge in [-0.05, 0) is 24.3 Å². The van der Waals surface area contributed by atoms with Gasteiger partial charge >= 0.3 is 5.97 Å². The van der Waals surface area contributed by atoms with Crippen LogP contribution in [0.25, 0.3) is 0 Å². The van der Waals surface area contributed by atoms with Gasteiger partial charge in [0.25, 0.3) is 0 Å². The molecule has 0 aliphatic carbocycles. The molecule has 19 heavy (non-hydrogen) atoms. The highest BCUT2D eigenvalue weighted by atomic mass is 19.1. The third-order valence-electron chi connectivity index (χ3n) is 2.52. The van der Waals surface area contributed by atoms with Crippen molar-refractivity contribution in [3.05, 3.63) is 35.6 Å². The van der Waals surface area contributed by atoms with E-state index in [1.165, 1.54) is 31.4 Å². The van der Waals surface area contributed by atoms with Crippen LogP contribution < -0.4 is 5.32 Å². The first-order valence-corrected chi connectivity index (χ1v) is 5.78. The van der Waals surface area contributed by atoms with Gasteiger partial charge in [-0.3, -0.25) is 9.59 Å². The number of carbonyl (C=O) groups is 2. The predicted octanol–water partition coefficient (Wildman–Crippen LogP) is 1.09. The van der Waals surface area contributed by atoms with E-state index in [9.17, 15) is 14.0 Å². The summed E-state index contributed by atoms with van der Waals surface area (Å²) >= 11 is 0. The van der Waals surface area contributed by atoms with Gasteiger partial charge in [0.1, 0.15) is 5.82 Å². The molecule has 5 nitrogen and oxygen atoms in total. The summed E-state index contributed by atoms with van der Waals surface area (Å²) in [7, 11) is 1.51. The highest BCUT2D eigenvalue weighted by Gasteiger charge is 2.22. The van der Waals surface area contributed by atoms with E-state index in [0.717, 1.165) is 0 Å². The molecular formula is C13H16FNO4. The van der Waals surface area contributed by atoms with Crippen molar-refractivity contribution in [3.63, 3.8) is 0 Å². The lowest BCUT2D eigenvalue weighted by Crippen LogP contribution is -2.40. The Morgan fingerprint density at radius 1 is 1.37 bits per heavy atom. The summed E-state index contributed by atoms with van der Waals surface area (Å²) < 4.78 is 17.6. The quantitative estimate of drug-likeness (QED) is 0.545. The summed E-state index contributed by atoms with van der Waals surface area (Å²) in [6.07, 6.45) is -0.333. The Labute approximate surface area is 110 Å². The van der Waals surface area contributed by atoms with E-state index in [4.69, 9.17) is 9.84 Å². The molecular weight excluding hydrogens is 253 g/mol. The Bertz CT molecular complexity index is 433. The fraction of sp³-hybridized carbons (Fsp3) is 0.385. The average Bonchev–Trinajstić information content (AvgIpc) is 2.37. The van der Waals surface area contributed by atoms with Crippen LogP contribution in [-0.4, -0.2) is 43.2 Å². The van der Waals surface area contributed by atoms with Crippen LogP contribution in [0.15, 0.2) is 24.3 Å². The van der Waals surface area contributed by atoms with E-state index in [2.05, 4.69) is 5.32 Å². The second kappa shape index (κ2) is 7.60. The summed E-state index contributed by atoms with van der Waals surface area (Å²) in [5.41, 5.74) is 0.276. The van der Waals surface area contributed by atoms with E-state index < -0.39 is 17.8 Å². The lowest BCUT2D eigenvalue weighted by atomic mass is 10.0.